The highest BCUT2D eigenvalue weighted by Gasteiger charge is 2.29. The maximum absolute atomic E-state index is 12.8. The van der Waals surface area contributed by atoms with Gasteiger partial charge in [0.05, 0.1) is 11.4 Å². The first-order chi connectivity index (χ1) is 14.4. The first-order valence-corrected chi connectivity index (χ1v) is 10.9. The number of nitrogens with two attached hydrogens (primary N) is 1. The number of benzene rings is 1. The maximum atomic E-state index is 12.8. The molecule has 0 saturated carbocycles. The van der Waals surface area contributed by atoms with Crippen LogP contribution < -0.4 is 11.1 Å². The van der Waals surface area contributed by atoms with E-state index in [1.54, 1.807) is 0 Å². The summed E-state index contributed by atoms with van der Waals surface area (Å²) in [5, 5.41) is 12.1. The number of nitrogens with one attached hydrogen (secondary N) is 1. The van der Waals surface area contributed by atoms with Gasteiger partial charge in [-0.3, -0.25) is 9.59 Å². The van der Waals surface area contributed by atoms with Gasteiger partial charge in [0.1, 0.15) is 9.71 Å². The number of carbonyl (C=O) groups is 2. The number of aryl methyl sites for hydroxylation is 3. The van der Waals surface area contributed by atoms with E-state index in [0.717, 1.165) is 35.0 Å². The SMILES string of the molecule is Cc1nnc2sc(C(=O)NC3CCN(C(=O)CCc4ccccc4)C3)c(N)c2c1C. The molecule has 8 heteroatoms. The third-order valence-electron chi connectivity index (χ3n) is 5.69. The van der Waals surface area contributed by atoms with Crippen molar-refractivity contribution in [2.45, 2.75) is 39.2 Å². The van der Waals surface area contributed by atoms with Gasteiger partial charge in [0, 0.05) is 30.9 Å². The second-order valence-electron chi connectivity index (χ2n) is 7.72. The molecule has 1 aliphatic rings. The average molecular weight is 424 g/mol. The molecule has 3 heterocycles. The van der Waals surface area contributed by atoms with Crippen LogP contribution >= 0.6 is 11.3 Å². The van der Waals surface area contributed by atoms with Gasteiger partial charge in [-0.05, 0) is 37.8 Å². The Kier molecular flexibility index (Phi) is 5.67. The summed E-state index contributed by atoms with van der Waals surface area (Å²) >= 11 is 1.26. The normalized spacial score (nSPS) is 16.2. The van der Waals surface area contributed by atoms with E-state index in [4.69, 9.17) is 5.73 Å². The fraction of sp³-hybridized carbons (Fsp3) is 0.364. The Morgan fingerprint density at radius 3 is 2.77 bits per heavy atom. The Hall–Kier alpha value is -3.00. The van der Waals surface area contributed by atoms with Gasteiger partial charge in [-0.2, -0.15) is 5.10 Å². The molecule has 0 spiro atoms. The van der Waals surface area contributed by atoms with Crippen LogP contribution in [0.1, 0.15) is 39.3 Å². The topological polar surface area (TPSA) is 101 Å². The summed E-state index contributed by atoms with van der Waals surface area (Å²) in [6.07, 6.45) is 1.95. The Bertz CT molecular complexity index is 1100. The minimum Gasteiger partial charge on any atom is -0.397 e. The zero-order chi connectivity index (χ0) is 21.3. The second-order valence-corrected chi connectivity index (χ2v) is 8.72. The number of nitrogen functional groups attached to an aromatic ring is 1. The van der Waals surface area contributed by atoms with Crippen LogP contribution in [-0.2, 0) is 11.2 Å². The van der Waals surface area contributed by atoms with Gasteiger partial charge in [-0.15, -0.1) is 16.4 Å². The van der Waals surface area contributed by atoms with E-state index in [2.05, 4.69) is 15.5 Å². The number of hydrogen-bond acceptors (Lipinski definition) is 6. The predicted molar refractivity (Wildman–Crippen MR) is 119 cm³/mol. The number of aromatic nitrogens is 2. The van der Waals surface area contributed by atoms with Crippen molar-refractivity contribution >= 4 is 39.1 Å². The summed E-state index contributed by atoms with van der Waals surface area (Å²) in [6, 6.07) is 9.92. The number of fused-ring (bicyclic) bond motifs is 1. The molecule has 1 unspecified atom stereocenters. The first-order valence-electron chi connectivity index (χ1n) is 10.1. The Balaban J connectivity index is 1.37. The van der Waals surface area contributed by atoms with Crippen molar-refractivity contribution in [2.75, 3.05) is 18.8 Å². The van der Waals surface area contributed by atoms with Crippen molar-refractivity contribution < 1.29 is 9.59 Å². The van der Waals surface area contributed by atoms with Crippen LogP contribution in [0, 0.1) is 13.8 Å². The average Bonchev–Trinajstić information content (AvgIpc) is 3.34. The maximum Gasteiger partial charge on any atom is 0.263 e. The number of thiophene rings is 1. The molecule has 3 N–H and O–H groups in total. The molecule has 0 bridgehead atoms. The second kappa shape index (κ2) is 8.39. The van der Waals surface area contributed by atoms with E-state index in [0.29, 0.717) is 34.9 Å². The van der Waals surface area contributed by atoms with Gasteiger partial charge < -0.3 is 16.0 Å². The van der Waals surface area contributed by atoms with Crippen molar-refractivity contribution in [3.05, 3.63) is 52.0 Å². The zero-order valence-corrected chi connectivity index (χ0v) is 18.0. The van der Waals surface area contributed by atoms with Crippen LogP contribution in [0.3, 0.4) is 0 Å². The summed E-state index contributed by atoms with van der Waals surface area (Å²) in [6.45, 7) is 5.00. The van der Waals surface area contributed by atoms with E-state index in [-0.39, 0.29) is 17.9 Å². The van der Waals surface area contributed by atoms with Gasteiger partial charge in [0.15, 0.2) is 0 Å². The van der Waals surface area contributed by atoms with Gasteiger partial charge in [0.2, 0.25) is 5.91 Å². The van der Waals surface area contributed by atoms with Crippen LogP contribution in [-0.4, -0.2) is 46.0 Å². The molecule has 1 aliphatic heterocycles. The number of anilines is 1. The van der Waals surface area contributed by atoms with E-state index >= 15 is 0 Å². The number of hydrogen-bond donors (Lipinski definition) is 2. The van der Waals surface area contributed by atoms with Gasteiger partial charge in [-0.25, -0.2) is 0 Å². The van der Waals surface area contributed by atoms with E-state index < -0.39 is 0 Å². The Morgan fingerprint density at radius 1 is 1.23 bits per heavy atom. The third-order valence-corrected chi connectivity index (χ3v) is 6.78. The summed E-state index contributed by atoms with van der Waals surface area (Å²) < 4.78 is 0. The summed E-state index contributed by atoms with van der Waals surface area (Å²) in [5.74, 6) is -0.0884. The molecule has 1 fully saturated rings. The fourth-order valence-corrected chi connectivity index (χ4v) is 4.82. The van der Waals surface area contributed by atoms with Crippen molar-refractivity contribution in [2.24, 2.45) is 0 Å². The van der Waals surface area contributed by atoms with Crippen LogP contribution in [0.25, 0.3) is 10.2 Å². The molecule has 156 valence electrons. The van der Waals surface area contributed by atoms with Gasteiger partial charge in [-0.1, -0.05) is 30.3 Å². The summed E-state index contributed by atoms with van der Waals surface area (Å²) in [7, 11) is 0. The molecule has 4 rings (SSSR count). The standard InChI is InChI=1S/C22H25N5O2S/c1-13-14(2)25-26-22-18(13)19(23)20(30-22)21(29)24-16-10-11-27(12-16)17(28)9-8-15-6-4-3-5-7-15/h3-7,16H,8-12,23H2,1-2H3,(H,24,29). The molecule has 2 aromatic heterocycles. The first kappa shape index (κ1) is 20.3. The molecule has 1 atom stereocenters. The third kappa shape index (κ3) is 4.00. The lowest BCUT2D eigenvalue weighted by Gasteiger charge is -2.17. The number of rotatable bonds is 5. The van der Waals surface area contributed by atoms with Crippen LogP contribution in [0.15, 0.2) is 30.3 Å². The van der Waals surface area contributed by atoms with Gasteiger partial charge >= 0.3 is 0 Å². The fourth-order valence-electron chi connectivity index (χ4n) is 3.82. The van der Waals surface area contributed by atoms with Crippen LogP contribution in [0.5, 0.6) is 0 Å². The zero-order valence-electron chi connectivity index (χ0n) is 17.1. The number of carbonyl (C=O) groups excluding carboxylic acids is 2. The molecule has 0 radical (unpaired) electrons. The van der Waals surface area contributed by atoms with Crippen molar-refractivity contribution in [3.8, 4) is 0 Å². The molecule has 0 aliphatic carbocycles. The molecule has 30 heavy (non-hydrogen) atoms. The van der Waals surface area contributed by atoms with E-state index in [1.807, 2.05) is 49.1 Å². The number of nitrogens with zero attached hydrogens (tertiary/aromatic N) is 3. The minimum atomic E-state index is -0.212. The quantitative estimate of drug-likeness (QED) is 0.657. The predicted octanol–water partition coefficient (Wildman–Crippen LogP) is 2.85. The van der Waals surface area contributed by atoms with E-state index in [1.165, 1.54) is 11.3 Å². The minimum absolute atomic E-state index is 0.0725. The van der Waals surface area contributed by atoms with Crippen molar-refractivity contribution in [3.63, 3.8) is 0 Å². The van der Waals surface area contributed by atoms with Gasteiger partial charge in [0.25, 0.3) is 5.91 Å². The highest BCUT2D eigenvalue weighted by atomic mass is 32.1. The summed E-state index contributed by atoms with van der Waals surface area (Å²) in [4.78, 5) is 28.3. The van der Waals surface area contributed by atoms with Crippen molar-refractivity contribution in [1.82, 2.24) is 20.4 Å². The number of amides is 2. The highest BCUT2D eigenvalue weighted by molar-refractivity contribution is 7.21. The molecule has 3 aromatic rings. The van der Waals surface area contributed by atoms with Crippen LogP contribution in [0.2, 0.25) is 0 Å². The summed E-state index contributed by atoms with van der Waals surface area (Å²) in [5.41, 5.74) is 9.64. The largest absolute Gasteiger partial charge is 0.397 e. The Labute approximate surface area is 179 Å². The monoisotopic (exact) mass is 423 g/mol. The van der Waals surface area contributed by atoms with Crippen LogP contribution in [0.4, 0.5) is 5.69 Å². The molecule has 2 amide bonds. The highest BCUT2D eigenvalue weighted by Crippen LogP contribution is 2.34. The molecular formula is C22H25N5O2S. The van der Waals surface area contributed by atoms with E-state index in [9.17, 15) is 9.59 Å². The van der Waals surface area contributed by atoms with Crippen molar-refractivity contribution in [1.29, 1.82) is 0 Å². The lowest BCUT2D eigenvalue weighted by molar-refractivity contribution is -0.130. The lowest BCUT2D eigenvalue weighted by atomic mass is 10.1. The number of likely N-dealkylation sites (tertiary alicyclic amines) is 1. The Morgan fingerprint density at radius 2 is 2.00 bits per heavy atom. The molecule has 1 aromatic carbocycles. The smallest absolute Gasteiger partial charge is 0.263 e. The molecule has 1 saturated heterocycles. The molecule has 7 nitrogen and oxygen atoms in total. The molecular weight excluding hydrogens is 398 g/mol. The lowest BCUT2D eigenvalue weighted by Crippen LogP contribution is -2.38.